The Morgan fingerprint density at radius 3 is 2.07 bits per heavy atom. The normalized spacial score (nSPS) is 11.7. The molecule has 0 aliphatic rings. The molecule has 0 aromatic carbocycles. The van der Waals surface area contributed by atoms with Crippen molar-refractivity contribution in [3.05, 3.63) is 0 Å². The summed E-state index contributed by atoms with van der Waals surface area (Å²) in [4.78, 5) is 10.1. The Kier molecular flexibility index (Phi) is 15.6. The van der Waals surface area contributed by atoms with Crippen molar-refractivity contribution in [2.75, 3.05) is 12.0 Å². The van der Waals surface area contributed by atoms with Crippen LogP contribution in [0.2, 0.25) is 0 Å². The van der Waals surface area contributed by atoms with Crippen LogP contribution in [0, 0.1) is 0 Å². The third-order valence-corrected chi connectivity index (χ3v) is 1.59. The van der Waals surface area contributed by atoms with E-state index in [1.165, 1.54) is 0 Å². The molecular weight excluding hydrogens is 257 g/mol. The topological polar surface area (TPSA) is 138 Å². The zero-order valence-corrected chi connectivity index (χ0v) is 12.1. The molecule has 0 saturated carbocycles. The van der Waals surface area contributed by atoms with E-state index in [1.807, 2.05) is 6.26 Å². The maximum absolute atomic E-state index is 10.1. The average Bonchev–Trinajstić information content (AvgIpc) is 1.96. The fourth-order valence-electron chi connectivity index (χ4n) is 0.368. The Morgan fingerprint density at radius 1 is 1.53 bits per heavy atom. The summed E-state index contributed by atoms with van der Waals surface area (Å²) in [6.07, 6.45) is 2.48. The van der Waals surface area contributed by atoms with E-state index in [2.05, 4.69) is 0 Å². The molecular formula is C5H14NNaO6S2. The minimum atomic E-state index is -4.67. The summed E-state index contributed by atoms with van der Waals surface area (Å²) in [5.41, 5.74) is 5.19. The molecule has 0 saturated heterocycles. The standard InChI is InChI=1S/C5H11NO2S.Na.H2O4S.H/c1-9-3-2-4(6)5(7)8;;1-5(2,3)4;/h4H,2-3,6H2,1H3,(H,7,8);;(H2,1,2,3,4);/q;+1;;-1/t4-;;;/m0.../s1. The predicted octanol–water partition coefficient (Wildman–Crippen LogP) is -3.38. The van der Waals surface area contributed by atoms with Crippen molar-refractivity contribution in [2.45, 2.75) is 12.5 Å². The third kappa shape index (κ3) is 31.3. The molecule has 0 amide bonds. The van der Waals surface area contributed by atoms with Crippen molar-refractivity contribution >= 4 is 28.1 Å². The quantitative estimate of drug-likeness (QED) is 0.307. The first-order valence-electron chi connectivity index (χ1n) is 3.35. The van der Waals surface area contributed by atoms with Crippen LogP contribution in [-0.2, 0) is 15.2 Å². The molecule has 0 bridgehead atoms. The van der Waals surface area contributed by atoms with E-state index >= 15 is 0 Å². The van der Waals surface area contributed by atoms with Gasteiger partial charge in [-0.2, -0.15) is 20.2 Å². The molecule has 0 aromatic rings. The number of carbonyl (C=O) groups is 1. The molecule has 5 N–H and O–H groups in total. The van der Waals surface area contributed by atoms with E-state index in [9.17, 15) is 4.79 Å². The first kappa shape index (κ1) is 21.0. The van der Waals surface area contributed by atoms with E-state index in [0.717, 1.165) is 5.75 Å². The van der Waals surface area contributed by atoms with Gasteiger partial charge in [0.1, 0.15) is 6.04 Å². The van der Waals surface area contributed by atoms with Gasteiger partial charge in [-0.15, -0.1) is 0 Å². The molecule has 0 spiro atoms. The van der Waals surface area contributed by atoms with Crippen LogP contribution >= 0.6 is 11.8 Å². The van der Waals surface area contributed by atoms with Crippen molar-refractivity contribution in [1.29, 1.82) is 0 Å². The first-order chi connectivity index (χ1) is 6.18. The maximum atomic E-state index is 10.1. The summed E-state index contributed by atoms with van der Waals surface area (Å²) in [5.74, 6) is -0.1000. The zero-order chi connectivity index (χ0) is 11.8. The predicted molar refractivity (Wildman–Crippen MR) is 53.9 cm³/mol. The summed E-state index contributed by atoms with van der Waals surface area (Å²) in [6, 6.07) is -0.683. The third-order valence-electron chi connectivity index (χ3n) is 0.950. The SMILES string of the molecule is CSCC[C@H](N)C(=O)O.O=S(=O)(O)O.[H-].[Na+]. The van der Waals surface area contributed by atoms with Crippen LogP contribution in [0.1, 0.15) is 7.85 Å². The Labute approximate surface area is 116 Å². The minimum Gasteiger partial charge on any atom is -1.00 e. The summed E-state index contributed by atoms with van der Waals surface area (Å²) < 4.78 is 31.6. The number of rotatable bonds is 4. The van der Waals surface area contributed by atoms with Gasteiger partial charge in [0.2, 0.25) is 0 Å². The number of hydrogen-bond acceptors (Lipinski definition) is 5. The molecule has 0 aliphatic heterocycles. The largest absolute Gasteiger partial charge is 1.00 e. The van der Waals surface area contributed by atoms with Gasteiger partial charge in [-0.05, 0) is 18.4 Å². The smallest absolute Gasteiger partial charge is 1.00 e. The molecule has 10 heteroatoms. The maximum Gasteiger partial charge on any atom is 1.00 e. The number of aliphatic carboxylic acids is 1. The number of thioether (sulfide) groups is 1. The Morgan fingerprint density at radius 2 is 1.87 bits per heavy atom. The van der Waals surface area contributed by atoms with Gasteiger partial charge in [-0.3, -0.25) is 13.9 Å². The fraction of sp³-hybridized carbons (Fsp3) is 0.800. The molecule has 88 valence electrons. The molecule has 15 heavy (non-hydrogen) atoms. The molecule has 0 aromatic heterocycles. The average molecular weight is 271 g/mol. The second-order valence-electron chi connectivity index (χ2n) is 2.17. The van der Waals surface area contributed by atoms with Gasteiger partial charge in [0, 0.05) is 0 Å². The Bertz CT molecular complexity index is 254. The minimum absolute atomic E-state index is 0. The van der Waals surface area contributed by atoms with Crippen LogP contribution < -0.4 is 35.3 Å². The second kappa shape index (κ2) is 11.1. The molecule has 0 rings (SSSR count). The number of hydrogen-bond donors (Lipinski definition) is 4. The molecule has 1 atom stereocenters. The van der Waals surface area contributed by atoms with Gasteiger partial charge in [0.15, 0.2) is 0 Å². The monoisotopic (exact) mass is 271 g/mol. The van der Waals surface area contributed by atoms with Crippen LogP contribution in [0.4, 0.5) is 0 Å². The number of nitrogens with two attached hydrogens (primary N) is 1. The van der Waals surface area contributed by atoms with Crippen molar-refractivity contribution in [3.8, 4) is 0 Å². The Hall–Kier alpha value is 0.650. The van der Waals surface area contributed by atoms with Gasteiger partial charge >= 0.3 is 45.9 Å². The van der Waals surface area contributed by atoms with E-state index in [4.69, 9.17) is 28.4 Å². The van der Waals surface area contributed by atoms with Gasteiger partial charge in [0.25, 0.3) is 0 Å². The summed E-state index contributed by atoms with van der Waals surface area (Å²) in [6.45, 7) is 0. The summed E-state index contributed by atoms with van der Waals surface area (Å²) in [7, 11) is -4.67. The van der Waals surface area contributed by atoms with Gasteiger partial charge in [-0.25, -0.2) is 0 Å². The molecule has 0 aliphatic carbocycles. The zero-order valence-electron chi connectivity index (χ0n) is 9.45. The van der Waals surface area contributed by atoms with E-state index in [0.29, 0.717) is 6.42 Å². The van der Waals surface area contributed by atoms with Crippen LogP contribution in [-0.4, -0.2) is 46.6 Å². The summed E-state index contributed by atoms with van der Waals surface area (Å²) >= 11 is 1.60. The van der Waals surface area contributed by atoms with Crippen LogP contribution in [0.5, 0.6) is 0 Å². The van der Waals surface area contributed by atoms with E-state index in [1.54, 1.807) is 11.8 Å². The second-order valence-corrected chi connectivity index (χ2v) is 4.06. The van der Waals surface area contributed by atoms with Crippen LogP contribution in [0.3, 0.4) is 0 Å². The fourth-order valence-corrected chi connectivity index (χ4v) is 0.858. The Balaban J connectivity index is -0.0000000904. The number of carboxylic acid groups (broad SMARTS) is 1. The van der Waals surface area contributed by atoms with Crippen molar-refractivity contribution < 1.29 is 58.4 Å². The van der Waals surface area contributed by atoms with E-state index < -0.39 is 22.4 Å². The molecule has 0 radical (unpaired) electrons. The van der Waals surface area contributed by atoms with E-state index in [-0.39, 0.29) is 31.0 Å². The molecule has 7 nitrogen and oxygen atoms in total. The molecule has 0 fully saturated rings. The summed E-state index contributed by atoms with van der Waals surface area (Å²) in [5, 5.41) is 8.27. The van der Waals surface area contributed by atoms with Crippen molar-refractivity contribution in [3.63, 3.8) is 0 Å². The first-order valence-corrected chi connectivity index (χ1v) is 6.14. The van der Waals surface area contributed by atoms with Crippen molar-refractivity contribution in [2.24, 2.45) is 5.73 Å². The van der Waals surface area contributed by atoms with Crippen LogP contribution in [0.25, 0.3) is 0 Å². The van der Waals surface area contributed by atoms with Crippen LogP contribution in [0.15, 0.2) is 0 Å². The molecule has 0 unspecified atom stereocenters. The number of carboxylic acids is 1. The van der Waals surface area contributed by atoms with Crippen molar-refractivity contribution in [1.82, 2.24) is 0 Å². The van der Waals surface area contributed by atoms with Gasteiger partial charge in [0.05, 0.1) is 0 Å². The molecule has 0 heterocycles. The van der Waals surface area contributed by atoms with Gasteiger partial charge < -0.3 is 12.3 Å². The van der Waals surface area contributed by atoms with Gasteiger partial charge in [-0.1, -0.05) is 0 Å².